The van der Waals surface area contributed by atoms with E-state index in [9.17, 15) is 9.90 Å². The molecule has 5 nitrogen and oxygen atoms in total. The molecule has 0 radical (unpaired) electrons. The van der Waals surface area contributed by atoms with Crippen molar-refractivity contribution >= 4 is 70.9 Å². The lowest BCUT2D eigenvalue weighted by atomic mass is 9.89. The summed E-state index contributed by atoms with van der Waals surface area (Å²) in [6.07, 6.45) is 8.60. The average Bonchev–Trinajstić information content (AvgIpc) is 3.59. The first-order chi connectivity index (χ1) is 15.4. The number of carbonyl (C=O) groups excluding carboxylic acids is 1. The van der Waals surface area contributed by atoms with Crippen LogP contribution in [0.3, 0.4) is 0 Å². The van der Waals surface area contributed by atoms with Gasteiger partial charge < -0.3 is 21.0 Å². The largest absolute Gasteiger partial charge is 0.505 e. The highest BCUT2D eigenvalue weighted by atomic mass is 35.5. The molecule has 0 saturated heterocycles. The van der Waals surface area contributed by atoms with E-state index in [1.807, 2.05) is 18.3 Å². The number of rotatable bonds is 5. The number of phenols is 1. The van der Waals surface area contributed by atoms with E-state index in [-0.39, 0.29) is 46.7 Å². The van der Waals surface area contributed by atoms with Gasteiger partial charge in [-0.15, -0.1) is 24.8 Å². The van der Waals surface area contributed by atoms with Gasteiger partial charge in [0.05, 0.1) is 21.0 Å². The lowest BCUT2D eigenvalue weighted by Gasteiger charge is -2.29. The zero-order valence-corrected chi connectivity index (χ0v) is 21.5. The third kappa shape index (κ3) is 4.95. The zero-order valence-electron chi connectivity index (χ0n) is 18.4. The maximum Gasteiger partial charge on any atom is 0.152 e. The molecule has 0 atom stereocenters. The molecule has 0 aliphatic heterocycles. The van der Waals surface area contributed by atoms with Crippen LogP contribution in [-0.4, -0.2) is 28.5 Å². The molecular formula is C25H27Cl4N3O2. The zero-order chi connectivity index (χ0) is 22.5. The Morgan fingerprint density at radius 2 is 1.68 bits per heavy atom. The maximum absolute atomic E-state index is 12.0. The predicted octanol–water partition coefficient (Wildman–Crippen LogP) is 6.67. The van der Waals surface area contributed by atoms with Crippen LogP contribution in [0, 0.1) is 0 Å². The molecule has 1 heterocycles. The smallest absolute Gasteiger partial charge is 0.152 e. The van der Waals surface area contributed by atoms with Crippen LogP contribution in [0.25, 0.3) is 22.0 Å². The molecule has 34 heavy (non-hydrogen) atoms. The summed E-state index contributed by atoms with van der Waals surface area (Å²) in [6.45, 7) is 0. The fraction of sp³-hybridized carbons (Fsp3) is 0.360. The third-order valence-electron chi connectivity index (χ3n) is 6.89. The lowest BCUT2D eigenvalue weighted by molar-refractivity contribution is -0.109. The monoisotopic (exact) mass is 541 g/mol. The topological polar surface area (TPSA) is 88.2 Å². The molecule has 0 spiro atoms. The molecule has 3 aromatic rings. The van der Waals surface area contributed by atoms with Crippen LogP contribution >= 0.6 is 48.0 Å². The number of nitrogens with one attached hydrogen (secondary N) is 1. The fourth-order valence-corrected chi connectivity index (χ4v) is 5.18. The summed E-state index contributed by atoms with van der Waals surface area (Å²) < 4.78 is 0. The highest BCUT2D eigenvalue weighted by Gasteiger charge is 2.46. The number of anilines is 1. The quantitative estimate of drug-likeness (QED) is 0.313. The second-order valence-corrected chi connectivity index (χ2v) is 9.91. The maximum atomic E-state index is 12.0. The first-order valence-electron chi connectivity index (χ1n) is 11.0. The van der Waals surface area contributed by atoms with E-state index in [2.05, 4.69) is 16.4 Å². The van der Waals surface area contributed by atoms with E-state index < -0.39 is 5.41 Å². The lowest BCUT2D eigenvalue weighted by Crippen LogP contribution is -2.33. The van der Waals surface area contributed by atoms with Crippen LogP contribution in [0.5, 0.6) is 5.75 Å². The number of pyridine rings is 1. The number of aldehydes is 1. The Bertz CT molecular complexity index is 1190. The highest BCUT2D eigenvalue weighted by molar-refractivity contribution is 6.37. The summed E-state index contributed by atoms with van der Waals surface area (Å²) in [5.41, 5.74) is 10.2. The standard InChI is InChI=1S/C25H25Cl2N3O2.2ClH/c26-20-10-15(11-21(27)24(20)32)14-1-6-22-18(9-14)23(30-17-4-2-16(28)3-5-17)19(12-29-22)25(13-31)7-8-25;;/h1,6,9-13,16-17,32H,2-5,7-8,28H2,(H,29,30);2*1H/t16-,17-;;. The molecule has 2 aliphatic rings. The molecule has 9 heteroatoms. The SMILES string of the molecule is Cl.Cl.N[C@H]1CC[C@H](Nc2c(C3(C=O)CC3)cnc3ccc(-c4cc(Cl)c(O)c(Cl)c4)cc23)CC1. The molecule has 0 bridgehead atoms. The molecule has 4 N–H and O–H groups in total. The molecule has 0 amide bonds. The van der Waals surface area contributed by atoms with E-state index >= 15 is 0 Å². The Morgan fingerprint density at radius 1 is 1.03 bits per heavy atom. The van der Waals surface area contributed by atoms with E-state index in [0.717, 1.165) is 78.1 Å². The Labute approximate surface area is 221 Å². The number of fused-ring (bicyclic) bond motifs is 1. The first kappa shape index (κ1) is 26.8. The Morgan fingerprint density at radius 3 is 2.26 bits per heavy atom. The van der Waals surface area contributed by atoms with E-state index in [0.29, 0.717) is 6.04 Å². The summed E-state index contributed by atoms with van der Waals surface area (Å²) in [6, 6.07) is 9.96. The number of phenolic OH excluding ortho intramolecular Hbond substituents is 1. The van der Waals surface area contributed by atoms with Crippen molar-refractivity contribution in [1.82, 2.24) is 4.98 Å². The summed E-state index contributed by atoms with van der Waals surface area (Å²) in [5.74, 6) is -0.124. The number of aromatic hydroxyl groups is 1. The van der Waals surface area contributed by atoms with Gasteiger partial charge in [0.25, 0.3) is 0 Å². The molecule has 5 rings (SSSR count). The van der Waals surface area contributed by atoms with Gasteiger partial charge in [-0.25, -0.2) is 0 Å². The summed E-state index contributed by atoms with van der Waals surface area (Å²) in [5, 5.41) is 15.1. The van der Waals surface area contributed by atoms with Gasteiger partial charge in [-0.2, -0.15) is 0 Å². The van der Waals surface area contributed by atoms with Crippen molar-refractivity contribution in [3.63, 3.8) is 0 Å². The van der Waals surface area contributed by atoms with Gasteiger partial charge >= 0.3 is 0 Å². The van der Waals surface area contributed by atoms with Gasteiger partial charge in [-0.05, 0) is 73.9 Å². The van der Waals surface area contributed by atoms with Crippen molar-refractivity contribution in [3.8, 4) is 16.9 Å². The van der Waals surface area contributed by atoms with Crippen molar-refractivity contribution in [3.05, 3.63) is 52.1 Å². The summed E-state index contributed by atoms with van der Waals surface area (Å²) >= 11 is 12.3. The molecule has 182 valence electrons. The van der Waals surface area contributed by atoms with Crippen molar-refractivity contribution < 1.29 is 9.90 Å². The van der Waals surface area contributed by atoms with Crippen LogP contribution in [0.4, 0.5) is 5.69 Å². The number of aromatic nitrogens is 1. The number of carbonyl (C=O) groups is 1. The summed E-state index contributed by atoms with van der Waals surface area (Å²) in [7, 11) is 0. The number of benzene rings is 2. The minimum absolute atomic E-state index is 0. The second-order valence-electron chi connectivity index (χ2n) is 9.10. The molecular weight excluding hydrogens is 516 g/mol. The molecule has 2 aromatic carbocycles. The number of hydrogen-bond acceptors (Lipinski definition) is 5. The van der Waals surface area contributed by atoms with E-state index in [1.54, 1.807) is 12.1 Å². The van der Waals surface area contributed by atoms with Crippen LogP contribution in [-0.2, 0) is 10.2 Å². The van der Waals surface area contributed by atoms with Gasteiger partial charge in [0, 0.05) is 34.9 Å². The Balaban J connectivity index is 0.00000162. The van der Waals surface area contributed by atoms with Crippen LogP contribution in [0.15, 0.2) is 36.5 Å². The van der Waals surface area contributed by atoms with Gasteiger partial charge in [-0.3, -0.25) is 4.98 Å². The first-order valence-corrected chi connectivity index (χ1v) is 11.8. The fourth-order valence-electron chi connectivity index (χ4n) is 4.69. The molecule has 2 aliphatic carbocycles. The minimum atomic E-state index is -0.449. The molecule has 2 saturated carbocycles. The van der Waals surface area contributed by atoms with Crippen molar-refractivity contribution in [2.45, 2.75) is 56.0 Å². The van der Waals surface area contributed by atoms with Crippen LogP contribution < -0.4 is 11.1 Å². The number of hydrogen-bond donors (Lipinski definition) is 3. The van der Waals surface area contributed by atoms with Crippen molar-refractivity contribution in [1.29, 1.82) is 0 Å². The number of halogens is 4. The van der Waals surface area contributed by atoms with Crippen molar-refractivity contribution in [2.75, 3.05) is 5.32 Å². The highest BCUT2D eigenvalue weighted by Crippen LogP contribution is 2.50. The van der Waals surface area contributed by atoms with E-state index in [1.165, 1.54) is 0 Å². The summed E-state index contributed by atoms with van der Waals surface area (Å²) in [4.78, 5) is 16.7. The third-order valence-corrected chi connectivity index (χ3v) is 7.47. The Hall–Kier alpha value is -1.76. The second kappa shape index (κ2) is 10.5. The predicted molar refractivity (Wildman–Crippen MR) is 144 cm³/mol. The molecule has 2 fully saturated rings. The van der Waals surface area contributed by atoms with Gasteiger partial charge in [-0.1, -0.05) is 29.3 Å². The van der Waals surface area contributed by atoms with Crippen molar-refractivity contribution in [2.24, 2.45) is 5.73 Å². The molecule has 0 unspecified atom stereocenters. The van der Waals surface area contributed by atoms with E-state index in [4.69, 9.17) is 28.9 Å². The van der Waals surface area contributed by atoms with Crippen LogP contribution in [0.2, 0.25) is 10.0 Å². The Kier molecular flexibility index (Phi) is 8.26. The number of nitrogens with two attached hydrogens (primary N) is 1. The average molecular weight is 543 g/mol. The van der Waals surface area contributed by atoms with Gasteiger partial charge in [0.2, 0.25) is 0 Å². The van der Waals surface area contributed by atoms with Crippen LogP contribution in [0.1, 0.15) is 44.1 Å². The van der Waals surface area contributed by atoms with Gasteiger partial charge in [0.1, 0.15) is 6.29 Å². The normalized spacial score (nSPS) is 20.7. The molecule has 1 aromatic heterocycles. The number of nitrogens with zero attached hydrogens (tertiary/aromatic N) is 1. The van der Waals surface area contributed by atoms with Gasteiger partial charge in [0.15, 0.2) is 5.75 Å². The minimum Gasteiger partial charge on any atom is -0.505 e.